The number of nitrogens with two attached hydrogens (primary N) is 1. The maximum atomic E-state index is 12.8. The van der Waals surface area contributed by atoms with Gasteiger partial charge in [-0.1, -0.05) is 13.8 Å². The van der Waals surface area contributed by atoms with Gasteiger partial charge < -0.3 is 16.4 Å². The van der Waals surface area contributed by atoms with E-state index in [0.29, 0.717) is 5.69 Å². The predicted octanol–water partition coefficient (Wildman–Crippen LogP) is 0.836. The molecule has 0 aliphatic carbocycles. The summed E-state index contributed by atoms with van der Waals surface area (Å²) in [5.41, 5.74) is 10.4. The number of thiocarbonyl (C=S) groups is 1. The molecule has 0 aliphatic rings. The smallest absolute Gasteiger partial charge is 0.312 e. The molecule has 1 rings (SSSR count). The Bertz CT molecular complexity index is 550. The van der Waals surface area contributed by atoms with Crippen LogP contribution in [0, 0.1) is 11.7 Å². The number of benzene rings is 1. The maximum Gasteiger partial charge on any atom is 0.312 e. The minimum atomic E-state index is -0.793. The van der Waals surface area contributed by atoms with Crippen LogP contribution in [0.25, 0.3) is 0 Å². The Morgan fingerprint density at radius 2 is 1.77 bits per heavy atom. The van der Waals surface area contributed by atoms with Crippen LogP contribution in [0.1, 0.15) is 13.8 Å². The first-order chi connectivity index (χ1) is 10.3. The highest BCUT2D eigenvalue weighted by Crippen LogP contribution is 2.07. The molecule has 0 radical (unpaired) electrons. The van der Waals surface area contributed by atoms with Crippen LogP contribution in [-0.2, 0) is 4.79 Å². The zero-order valence-electron chi connectivity index (χ0n) is 12.1. The Balaban J connectivity index is 2.49. The van der Waals surface area contributed by atoms with Gasteiger partial charge in [-0.25, -0.2) is 9.18 Å². The molecule has 0 bridgehead atoms. The van der Waals surface area contributed by atoms with Gasteiger partial charge in [0.15, 0.2) is 5.11 Å². The number of rotatable bonds is 4. The molecular formula is C13H18FN5O2S. The molecule has 0 spiro atoms. The molecule has 1 aromatic rings. The molecule has 0 fully saturated rings. The number of carbonyl (C=O) groups is 2. The van der Waals surface area contributed by atoms with Gasteiger partial charge in [0, 0.05) is 5.69 Å². The van der Waals surface area contributed by atoms with Crippen molar-refractivity contribution in [3.63, 3.8) is 0 Å². The molecule has 0 saturated carbocycles. The van der Waals surface area contributed by atoms with Crippen molar-refractivity contribution >= 4 is 35.0 Å². The quantitative estimate of drug-likeness (QED) is 0.416. The molecule has 3 amide bonds. The third-order valence-electron chi connectivity index (χ3n) is 2.65. The molecule has 1 atom stereocenters. The summed E-state index contributed by atoms with van der Waals surface area (Å²) >= 11 is 4.98. The van der Waals surface area contributed by atoms with Crippen LogP contribution >= 0.6 is 12.2 Å². The van der Waals surface area contributed by atoms with E-state index < -0.39 is 18.0 Å². The number of carbonyl (C=O) groups excluding carboxylic acids is 2. The van der Waals surface area contributed by atoms with Gasteiger partial charge in [-0.2, -0.15) is 0 Å². The van der Waals surface area contributed by atoms with E-state index in [1.165, 1.54) is 24.3 Å². The number of hydrogen-bond donors (Lipinski definition) is 5. The number of hydrazine groups is 1. The lowest BCUT2D eigenvalue weighted by molar-refractivity contribution is -0.124. The first-order valence-electron chi connectivity index (χ1n) is 6.48. The van der Waals surface area contributed by atoms with Gasteiger partial charge in [0.2, 0.25) is 0 Å². The SMILES string of the molecule is CC(C)[C@@H](NC(N)=O)C(=O)NNC(=S)Nc1ccc(F)cc1. The highest BCUT2D eigenvalue weighted by atomic mass is 32.1. The number of primary amides is 1. The number of urea groups is 1. The zero-order valence-corrected chi connectivity index (χ0v) is 13.0. The average molecular weight is 327 g/mol. The Kier molecular flexibility index (Phi) is 6.51. The third-order valence-corrected chi connectivity index (χ3v) is 2.85. The molecule has 0 aromatic heterocycles. The van der Waals surface area contributed by atoms with Crippen LogP contribution < -0.4 is 27.2 Å². The molecular weight excluding hydrogens is 309 g/mol. The normalized spacial score (nSPS) is 11.5. The molecule has 120 valence electrons. The second-order valence-electron chi connectivity index (χ2n) is 4.81. The summed E-state index contributed by atoms with van der Waals surface area (Å²) in [5.74, 6) is -1.01. The summed E-state index contributed by atoms with van der Waals surface area (Å²) in [4.78, 5) is 22.8. The molecule has 6 N–H and O–H groups in total. The van der Waals surface area contributed by atoms with Gasteiger partial charge in [0.25, 0.3) is 5.91 Å². The summed E-state index contributed by atoms with van der Waals surface area (Å²) < 4.78 is 12.8. The lowest BCUT2D eigenvalue weighted by Crippen LogP contribution is -2.55. The van der Waals surface area contributed by atoms with Crippen molar-refractivity contribution in [3.8, 4) is 0 Å². The van der Waals surface area contributed by atoms with Crippen molar-refractivity contribution in [3.05, 3.63) is 30.1 Å². The Hall–Kier alpha value is -2.42. The largest absolute Gasteiger partial charge is 0.352 e. The van der Waals surface area contributed by atoms with Crippen molar-refractivity contribution in [2.45, 2.75) is 19.9 Å². The van der Waals surface area contributed by atoms with E-state index in [2.05, 4.69) is 21.5 Å². The van der Waals surface area contributed by atoms with Gasteiger partial charge in [-0.05, 0) is 42.4 Å². The van der Waals surface area contributed by atoms with Crippen LogP contribution in [0.15, 0.2) is 24.3 Å². The van der Waals surface area contributed by atoms with E-state index in [9.17, 15) is 14.0 Å². The van der Waals surface area contributed by atoms with Crippen LogP contribution in [0.5, 0.6) is 0 Å². The van der Waals surface area contributed by atoms with Gasteiger partial charge in [-0.3, -0.25) is 15.6 Å². The fourth-order valence-corrected chi connectivity index (χ4v) is 1.75. The molecule has 1 aromatic carbocycles. The van der Waals surface area contributed by atoms with E-state index in [-0.39, 0.29) is 16.8 Å². The van der Waals surface area contributed by atoms with E-state index in [1.807, 2.05) is 0 Å². The molecule has 0 aliphatic heterocycles. The summed E-state index contributed by atoms with van der Waals surface area (Å²) in [6.07, 6.45) is 0. The Labute approximate surface area is 132 Å². The summed E-state index contributed by atoms with van der Waals surface area (Å²) in [5, 5.41) is 5.21. The lowest BCUT2D eigenvalue weighted by Gasteiger charge is -2.21. The van der Waals surface area contributed by atoms with Crippen molar-refractivity contribution < 1.29 is 14.0 Å². The van der Waals surface area contributed by atoms with Crippen molar-refractivity contribution in [1.82, 2.24) is 16.2 Å². The van der Waals surface area contributed by atoms with Crippen LogP contribution in [0.3, 0.4) is 0 Å². The molecule has 0 saturated heterocycles. The van der Waals surface area contributed by atoms with E-state index in [0.717, 1.165) is 0 Å². The standard InChI is InChI=1S/C13H18FN5O2S/c1-7(2)10(17-12(15)21)11(20)18-19-13(22)16-9-5-3-8(14)4-6-9/h3-7,10H,1-2H3,(H,18,20)(H3,15,17,21)(H2,16,19,22)/t10-/m1/s1. The van der Waals surface area contributed by atoms with Crippen molar-refractivity contribution in [1.29, 1.82) is 0 Å². The fourth-order valence-electron chi connectivity index (χ4n) is 1.58. The van der Waals surface area contributed by atoms with E-state index in [1.54, 1.807) is 13.8 Å². The van der Waals surface area contributed by atoms with Crippen molar-refractivity contribution in [2.75, 3.05) is 5.32 Å². The van der Waals surface area contributed by atoms with E-state index in [4.69, 9.17) is 18.0 Å². The third kappa shape index (κ3) is 5.92. The summed E-state index contributed by atoms with van der Waals surface area (Å²) in [6.45, 7) is 3.52. The first kappa shape index (κ1) is 17.6. The minimum Gasteiger partial charge on any atom is -0.352 e. The number of anilines is 1. The molecule has 7 nitrogen and oxygen atoms in total. The Morgan fingerprint density at radius 3 is 2.27 bits per heavy atom. The fraction of sp³-hybridized carbons (Fsp3) is 0.308. The second kappa shape index (κ2) is 8.13. The maximum absolute atomic E-state index is 12.8. The first-order valence-corrected chi connectivity index (χ1v) is 6.89. The monoisotopic (exact) mass is 327 g/mol. The topological polar surface area (TPSA) is 108 Å². The number of halogens is 1. The summed E-state index contributed by atoms with van der Waals surface area (Å²) in [7, 11) is 0. The second-order valence-corrected chi connectivity index (χ2v) is 5.21. The van der Waals surface area contributed by atoms with Crippen LogP contribution in [-0.4, -0.2) is 23.1 Å². The van der Waals surface area contributed by atoms with Crippen LogP contribution in [0.4, 0.5) is 14.9 Å². The number of nitrogens with one attached hydrogen (secondary N) is 4. The van der Waals surface area contributed by atoms with E-state index >= 15 is 0 Å². The summed E-state index contributed by atoms with van der Waals surface area (Å²) in [6, 6.07) is 3.96. The van der Waals surface area contributed by atoms with Gasteiger partial charge in [0.05, 0.1) is 0 Å². The predicted molar refractivity (Wildman–Crippen MR) is 85.2 cm³/mol. The molecule has 9 heteroatoms. The lowest BCUT2D eigenvalue weighted by atomic mass is 10.0. The number of hydrogen-bond acceptors (Lipinski definition) is 3. The zero-order chi connectivity index (χ0) is 16.7. The van der Waals surface area contributed by atoms with Crippen LogP contribution in [0.2, 0.25) is 0 Å². The van der Waals surface area contributed by atoms with Gasteiger partial charge in [0.1, 0.15) is 11.9 Å². The molecule has 22 heavy (non-hydrogen) atoms. The Morgan fingerprint density at radius 1 is 1.18 bits per heavy atom. The minimum absolute atomic E-state index is 0.113. The van der Waals surface area contributed by atoms with Crippen molar-refractivity contribution in [2.24, 2.45) is 11.7 Å². The highest BCUT2D eigenvalue weighted by molar-refractivity contribution is 7.80. The van der Waals surface area contributed by atoms with Gasteiger partial charge in [-0.15, -0.1) is 0 Å². The number of amides is 3. The van der Waals surface area contributed by atoms with Gasteiger partial charge >= 0.3 is 6.03 Å². The highest BCUT2D eigenvalue weighted by Gasteiger charge is 2.23. The molecule has 0 heterocycles. The average Bonchev–Trinajstić information content (AvgIpc) is 2.44. The molecule has 0 unspecified atom stereocenters.